The summed E-state index contributed by atoms with van der Waals surface area (Å²) in [6, 6.07) is 16.5. The second-order valence-electron chi connectivity index (χ2n) is 4.71. The third kappa shape index (κ3) is 3.74. The second-order valence-corrected chi connectivity index (χ2v) is 4.71. The molecule has 2 aromatic carbocycles. The summed E-state index contributed by atoms with van der Waals surface area (Å²) in [5, 5.41) is 11.9. The number of rotatable bonds is 4. The number of aryl methyl sites for hydroxylation is 1. The molecule has 0 atom stereocenters. The van der Waals surface area contributed by atoms with E-state index in [-0.39, 0.29) is 5.57 Å². The number of nitriles is 1. The van der Waals surface area contributed by atoms with E-state index >= 15 is 0 Å². The number of carbonyl (C=O) groups is 1. The van der Waals surface area contributed by atoms with Gasteiger partial charge >= 0.3 is 0 Å². The van der Waals surface area contributed by atoms with Crippen molar-refractivity contribution in [2.24, 2.45) is 0 Å². The highest BCUT2D eigenvalue weighted by Crippen LogP contribution is 2.19. The van der Waals surface area contributed by atoms with E-state index in [9.17, 15) is 10.1 Å². The van der Waals surface area contributed by atoms with Gasteiger partial charge in [0.15, 0.2) is 0 Å². The molecule has 4 heteroatoms. The summed E-state index contributed by atoms with van der Waals surface area (Å²) in [5.74, 6) is 0.311. The first kappa shape index (κ1) is 15.3. The lowest BCUT2D eigenvalue weighted by molar-refractivity contribution is -0.112. The van der Waals surface area contributed by atoms with Crippen molar-refractivity contribution < 1.29 is 9.53 Å². The topological polar surface area (TPSA) is 62.1 Å². The first-order valence-electron chi connectivity index (χ1n) is 6.77. The Morgan fingerprint density at radius 1 is 1.23 bits per heavy atom. The third-order valence-electron chi connectivity index (χ3n) is 3.17. The summed E-state index contributed by atoms with van der Waals surface area (Å²) in [6.07, 6.45) is 1.58. The molecule has 0 aliphatic rings. The van der Waals surface area contributed by atoms with Gasteiger partial charge in [-0.3, -0.25) is 4.79 Å². The maximum atomic E-state index is 12.2. The zero-order valence-electron chi connectivity index (χ0n) is 12.5. The average Bonchev–Trinajstić information content (AvgIpc) is 2.54. The van der Waals surface area contributed by atoms with Gasteiger partial charge in [0.05, 0.1) is 7.11 Å². The molecule has 1 N–H and O–H groups in total. The van der Waals surface area contributed by atoms with Gasteiger partial charge in [-0.1, -0.05) is 24.3 Å². The molecule has 22 heavy (non-hydrogen) atoms. The number of benzene rings is 2. The molecule has 0 fully saturated rings. The van der Waals surface area contributed by atoms with Crippen molar-refractivity contribution in [2.75, 3.05) is 12.4 Å². The summed E-state index contributed by atoms with van der Waals surface area (Å²) < 4.78 is 5.14. The maximum absolute atomic E-state index is 12.2. The van der Waals surface area contributed by atoms with Crippen LogP contribution in [0.3, 0.4) is 0 Å². The monoisotopic (exact) mass is 292 g/mol. The van der Waals surface area contributed by atoms with Gasteiger partial charge in [0.25, 0.3) is 5.91 Å². The Hall–Kier alpha value is -3.06. The summed E-state index contributed by atoms with van der Waals surface area (Å²) in [6.45, 7) is 1.90. The van der Waals surface area contributed by atoms with Gasteiger partial charge in [0.1, 0.15) is 17.4 Å². The standard InChI is InChI=1S/C18H16N2O2/c1-13-10-17(22-2)9-8-14(13)11-15(12-19)18(21)20-16-6-4-3-5-7-16/h3-11H,1-2H3,(H,20,21)/b15-11-. The number of amides is 1. The minimum absolute atomic E-state index is 0.0529. The molecule has 4 nitrogen and oxygen atoms in total. The van der Waals surface area contributed by atoms with Crippen LogP contribution in [0.2, 0.25) is 0 Å². The predicted octanol–water partition coefficient (Wildman–Crippen LogP) is 3.55. The molecule has 0 bridgehead atoms. The Labute approximate surface area is 129 Å². The summed E-state index contributed by atoms with van der Waals surface area (Å²) in [4.78, 5) is 12.2. The van der Waals surface area contributed by atoms with E-state index in [1.54, 1.807) is 31.4 Å². The van der Waals surface area contributed by atoms with Crippen molar-refractivity contribution in [2.45, 2.75) is 6.92 Å². The van der Waals surface area contributed by atoms with Crippen LogP contribution in [0.25, 0.3) is 6.08 Å². The van der Waals surface area contributed by atoms with Gasteiger partial charge in [-0.25, -0.2) is 0 Å². The Bertz CT molecular complexity index is 743. The molecule has 0 saturated carbocycles. The number of nitrogens with zero attached hydrogens (tertiary/aromatic N) is 1. The molecule has 0 radical (unpaired) electrons. The van der Waals surface area contributed by atoms with Crippen LogP contribution in [0.4, 0.5) is 5.69 Å². The van der Waals surface area contributed by atoms with E-state index in [1.807, 2.05) is 43.3 Å². The van der Waals surface area contributed by atoms with E-state index in [0.717, 1.165) is 16.9 Å². The maximum Gasteiger partial charge on any atom is 0.266 e. The third-order valence-corrected chi connectivity index (χ3v) is 3.17. The van der Waals surface area contributed by atoms with Crippen LogP contribution in [0, 0.1) is 18.3 Å². The largest absolute Gasteiger partial charge is 0.497 e. The van der Waals surface area contributed by atoms with E-state index in [1.165, 1.54) is 0 Å². The van der Waals surface area contributed by atoms with Gasteiger partial charge in [-0.2, -0.15) is 5.26 Å². The smallest absolute Gasteiger partial charge is 0.266 e. The van der Waals surface area contributed by atoms with Crippen molar-refractivity contribution >= 4 is 17.7 Å². The molecule has 2 aromatic rings. The van der Waals surface area contributed by atoms with Crippen molar-refractivity contribution in [3.63, 3.8) is 0 Å². The van der Waals surface area contributed by atoms with Crippen LogP contribution >= 0.6 is 0 Å². The lowest BCUT2D eigenvalue weighted by atomic mass is 10.1. The Morgan fingerprint density at radius 2 is 1.95 bits per heavy atom. The number of methoxy groups -OCH3 is 1. The molecule has 0 aliphatic carbocycles. The van der Waals surface area contributed by atoms with Crippen LogP contribution in [0.15, 0.2) is 54.1 Å². The van der Waals surface area contributed by atoms with Gasteiger partial charge in [-0.15, -0.1) is 0 Å². The first-order valence-corrected chi connectivity index (χ1v) is 6.77. The highest BCUT2D eigenvalue weighted by atomic mass is 16.5. The molecule has 0 unspecified atom stereocenters. The Balaban J connectivity index is 2.24. The number of nitrogens with one attached hydrogen (secondary N) is 1. The molecule has 0 heterocycles. The fraction of sp³-hybridized carbons (Fsp3) is 0.111. The predicted molar refractivity (Wildman–Crippen MR) is 86.4 cm³/mol. The summed E-state index contributed by atoms with van der Waals surface area (Å²) in [7, 11) is 1.60. The summed E-state index contributed by atoms with van der Waals surface area (Å²) in [5.41, 5.74) is 2.44. The lowest BCUT2D eigenvalue weighted by Crippen LogP contribution is -2.13. The zero-order chi connectivity index (χ0) is 15.9. The van der Waals surface area contributed by atoms with Crippen LogP contribution in [-0.2, 0) is 4.79 Å². The number of hydrogen-bond donors (Lipinski definition) is 1. The van der Waals surface area contributed by atoms with Gasteiger partial charge in [-0.05, 0) is 48.4 Å². The van der Waals surface area contributed by atoms with Gasteiger partial charge < -0.3 is 10.1 Å². The van der Waals surface area contributed by atoms with Crippen molar-refractivity contribution in [3.8, 4) is 11.8 Å². The van der Waals surface area contributed by atoms with E-state index in [4.69, 9.17) is 4.74 Å². The molecule has 1 amide bonds. The zero-order valence-corrected chi connectivity index (χ0v) is 12.5. The molecule has 0 spiro atoms. The molecular formula is C18H16N2O2. The molecule has 0 aliphatic heterocycles. The Kier molecular flexibility index (Phi) is 4.94. The van der Waals surface area contributed by atoms with Crippen molar-refractivity contribution in [1.82, 2.24) is 0 Å². The SMILES string of the molecule is COc1ccc(/C=C(/C#N)C(=O)Nc2ccccc2)c(C)c1. The highest BCUT2D eigenvalue weighted by Gasteiger charge is 2.10. The second kappa shape index (κ2) is 7.09. The van der Waals surface area contributed by atoms with Crippen LogP contribution in [0.1, 0.15) is 11.1 Å². The first-order chi connectivity index (χ1) is 10.6. The van der Waals surface area contributed by atoms with Gasteiger partial charge in [0.2, 0.25) is 0 Å². The lowest BCUT2D eigenvalue weighted by Gasteiger charge is -2.06. The van der Waals surface area contributed by atoms with Crippen LogP contribution in [-0.4, -0.2) is 13.0 Å². The highest BCUT2D eigenvalue weighted by molar-refractivity contribution is 6.09. The van der Waals surface area contributed by atoms with Crippen molar-refractivity contribution in [1.29, 1.82) is 5.26 Å². The fourth-order valence-electron chi connectivity index (χ4n) is 1.96. The average molecular weight is 292 g/mol. The number of para-hydroxylation sites is 1. The van der Waals surface area contributed by atoms with Crippen LogP contribution in [0.5, 0.6) is 5.75 Å². The fourth-order valence-corrected chi connectivity index (χ4v) is 1.96. The van der Waals surface area contributed by atoms with E-state index in [0.29, 0.717) is 5.69 Å². The van der Waals surface area contributed by atoms with E-state index < -0.39 is 5.91 Å². The number of carbonyl (C=O) groups excluding carboxylic acids is 1. The number of anilines is 1. The minimum Gasteiger partial charge on any atom is -0.497 e. The quantitative estimate of drug-likeness (QED) is 0.692. The molecular weight excluding hydrogens is 276 g/mol. The normalized spacial score (nSPS) is 10.7. The summed E-state index contributed by atoms with van der Waals surface area (Å²) >= 11 is 0. The molecule has 0 saturated heterocycles. The van der Waals surface area contributed by atoms with E-state index in [2.05, 4.69) is 5.32 Å². The molecule has 110 valence electrons. The van der Waals surface area contributed by atoms with Crippen LogP contribution < -0.4 is 10.1 Å². The van der Waals surface area contributed by atoms with Crippen molar-refractivity contribution in [3.05, 3.63) is 65.2 Å². The van der Waals surface area contributed by atoms with Gasteiger partial charge in [0, 0.05) is 5.69 Å². The Morgan fingerprint density at radius 3 is 2.55 bits per heavy atom. The molecule has 2 rings (SSSR count). The molecule has 0 aromatic heterocycles. The number of hydrogen-bond acceptors (Lipinski definition) is 3. The number of ether oxygens (including phenoxy) is 1. The minimum atomic E-state index is -0.427.